The smallest absolute Gasteiger partial charge is 0.359 e. The summed E-state index contributed by atoms with van der Waals surface area (Å²) >= 11 is 0. The van der Waals surface area contributed by atoms with E-state index < -0.39 is 55.3 Å². The van der Waals surface area contributed by atoms with E-state index in [1.807, 2.05) is 0 Å². The van der Waals surface area contributed by atoms with Crippen LogP contribution >= 0.6 is 7.60 Å². The van der Waals surface area contributed by atoms with E-state index in [0.29, 0.717) is 23.8 Å². The molecule has 3 amide bonds. The number of hydrogen-bond acceptors (Lipinski definition) is 7. The Balaban J connectivity index is 1.76. The summed E-state index contributed by atoms with van der Waals surface area (Å²) in [5.41, 5.74) is 6.65. The normalized spacial score (nSPS) is 15.2. The highest BCUT2D eigenvalue weighted by molar-refractivity contribution is 7.60. The van der Waals surface area contributed by atoms with Crippen LogP contribution < -0.4 is 31.1 Å². The van der Waals surface area contributed by atoms with Crippen molar-refractivity contribution in [2.24, 2.45) is 11.7 Å². The van der Waals surface area contributed by atoms with Gasteiger partial charge in [-0.25, -0.2) is 4.79 Å². The van der Waals surface area contributed by atoms with Crippen LogP contribution in [-0.2, 0) is 25.4 Å². The van der Waals surface area contributed by atoms with Crippen molar-refractivity contribution in [3.8, 4) is 11.5 Å². The number of hydrogen-bond donors (Lipinski definition) is 6. The van der Waals surface area contributed by atoms with Gasteiger partial charge in [0.2, 0.25) is 11.8 Å². The van der Waals surface area contributed by atoms with Crippen molar-refractivity contribution >= 4 is 36.6 Å². The van der Waals surface area contributed by atoms with Gasteiger partial charge in [-0.2, -0.15) is 0 Å². The average molecular weight is 620 g/mol. The van der Waals surface area contributed by atoms with Gasteiger partial charge in [-0.05, 0) is 61.1 Å². The first-order chi connectivity index (χ1) is 20.2. The molecule has 2 aromatic rings. The Hall–Kier alpha value is -3.93. The van der Waals surface area contributed by atoms with E-state index >= 15 is 0 Å². The number of ether oxygens (including phenoxy) is 2. The lowest BCUT2D eigenvalue weighted by Gasteiger charge is -2.23. The number of amides is 3. The van der Waals surface area contributed by atoms with E-state index in [4.69, 9.17) is 20.3 Å². The standard InChI is InChI=1S/C29H38N3O10P/c1-17(21-9-11-24(22(14-21)28(30)36)41-15-19-6-4-3-5-7-19)31-29(37)23(32-18(2)33)12-20-8-10-25(42-16-27(34)35)26(13-20)43(38,39)40/h8-11,13-14,17,19,23H,3-7,12,15-16H2,1-2H3,(H2,30,36)(H,31,37)(H,32,33)(H,34,35)(H2,38,39,40). The van der Waals surface area contributed by atoms with Crippen LogP contribution in [0.3, 0.4) is 0 Å². The van der Waals surface area contributed by atoms with Crippen molar-refractivity contribution in [3.63, 3.8) is 0 Å². The van der Waals surface area contributed by atoms with Crippen LogP contribution in [0.15, 0.2) is 36.4 Å². The molecule has 234 valence electrons. The molecule has 0 aliphatic heterocycles. The van der Waals surface area contributed by atoms with Gasteiger partial charge >= 0.3 is 13.6 Å². The molecule has 1 fully saturated rings. The summed E-state index contributed by atoms with van der Waals surface area (Å²) in [6.45, 7) is 2.58. The number of carboxylic acid groups (broad SMARTS) is 1. The number of primary amides is 1. The number of nitrogens with two attached hydrogens (primary N) is 1. The van der Waals surface area contributed by atoms with Crippen LogP contribution in [0, 0.1) is 5.92 Å². The predicted octanol–water partition coefficient (Wildman–Crippen LogP) is 1.94. The second-order valence-electron chi connectivity index (χ2n) is 10.7. The Morgan fingerprint density at radius 1 is 1.00 bits per heavy atom. The topological polar surface area (TPSA) is 215 Å². The van der Waals surface area contributed by atoms with Crippen molar-refractivity contribution in [2.45, 2.75) is 64.5 Å². The maximum Gasteiger partial charge on any atom is 0.359 e. The highest BCUT2D eigenvalue weighted by atomic mass is 31.2. The molecule has 7 N–H and O–H groups in total. The summed E-state index contributed by atoms with van der Waals surface area (Å²) in [5, 5.41) is 13.6. The van der Waals surface area contributed by atoms with Crippen molar-refractivity contribution < 1.29 is 48.1 Å². The van der Waals surface area contributed by atoms with Crippen molar-refractivity contribution in [1.82, 2.24) is 10.6 Å². The van der Waals surface area contributed by atoms with E-state index in [9.17, 15) is 33.5 Å². The number of aliphatic carboxylic acids is 1. The molecule has 0 radical (unpaired) electrons. The monoisotopic (exact) mass is 619 g/mol. The second kappa shape index (κ2) is 15.0. The Bertz CT molecular complexity index is 1390. The summed E-state index contributed by atoms with van der Waals surface area (Å²) in [6.07, 6.45) is 5.53. The van der Waals surface area contributed by atoms with Gasteiger partial charge in [-0.1, -0.05) is 31.4 Å². The zero-order valence-corrected chi connectivity index (χ0v) is 25.0. The number of benzene rings is 2. The average Bonchev–Trinajstić information content (AvgIpc) is 2.94. The van der Waals surface area contributed by atoms with E-state index in [1.54, 1.807) is 25.1 Å². The van der Waals surface area contributed by atoms with Gasteiger partial charge < -0.3 is 40.7 Å². The summed E-state index contributed by atoms with van der Waals surface area (Å²) in [4.78, 5) is 67.8. The fourth-order valence-electron chi connectivity index (χ4n) is 4.96. The Morgan fingerprint density at radius 2 is 1.67 bits per heavy atom. The molecule has 1 saturated carbocycles. The van der Waals surface area contributed by atoms with Crippen molar-refractivity contribution in [3.05, 3.63) is 53.1 Å². The van der Waals surface area contributed by atoms with Crippen LogP contribution in [0.25, 0.3) is 0 Å². The first-order valence-corrected chi connectivity index (χ1v) is 15.5. The number of carbonyl (C=O) groups excluding carboxylic acids is 3. The van der Waals surface area contributed by atoms with Crippen LogP contribution in [0.4, 0.5) is 0 Å². The first-order valence-electron chi connectivity index (χ1n) is 13.9. The molecule has 1 aliphatic rings. The Labute approximate surface area is 249 Å². The lowest BCUT2D eigenvalue weighted by molar-refractivity contribution is -0.139. The van der Waals surface area contributed by atoms with Crippen molar-refractivity contribution in [2.75, 3.05) is 13.2 Å². The third kappa shape index (κ3) is 10.1. The minimum atomic E-state index is -4.88. The molecule has 0 spiro atoms. The molecular weight excluding hydrogens is 581 g/mol. The predicted molar refractivity (Wildman–Crippen MR) is 156 cm³/mol. The van der Waals surface area contributed by atoms with Gasteiger partial charge in [0.25, 0.3) is 5.91 Å². The molecule has 3 rings (SSSR count). The molecule has 0 heterocycles. The molecule has 14 heteroatoms. The summed E-state index contributed by atoms with van der Waals surface area (Å²) < 4.78 is 23.0. The number of carboxylic acids is 1. The molecular formula is C29H38N3O10P. The lowest BCUT2D eigenvalue weighted by Crippen LogP contribution is -2.48. The van der Waals surface area contributed by atoms with Gasteiger partial charge in [0, 0.05) is 13.3 Å². The van der Waals surface area contributed by atoms with E-state index in [-0.39, 0.29) is 23.3 Å². The third-order valence-electron chi connectivity index (χ3n) is 7.15. The highest BCUT2D eigenvalue weighted by Gasteiger charge is 2.27. The van der Waals surface area contributed by atoms with E-state index in [2.05, 4.69) is 10.6 Å². The lowest BCUT2D eigenvalue weighted by atomic mass is 9.90. The SMILES string of the molecule is CC(=O)NC(Cc1ccc(OCC(=O)O)c(P(=O)(O)O)c1)C(=O)NC(C)c1ccc(OCC2CCCCC2)c(C(N)=O)c1. The Morgan fingerprint density at radius 3 is 2.28 bits per heavy atom. The summed E-state index contributed by atoms with van der Waals surface area (Å²) in [6, 6.07) is 6.87. The van der Waals surface area contributed by atoms with Gasteiger partial charge in [-0.3, -0.25) is 18.9 Å². The summed E-state index contributed by atoms with van der Waals surface area (Å²) in [5.74, 6) is -2.64. The number of rotatable bonds is 14. The van der Waals surface area contributed by atoms with Crippen LogP contribution in [0.5, 0.6) is 11.5 Å². The highest BCUT2D eigenvalue weighted by Crippen LogP contribution is 2.38. The second-order valence-corrected chi connectivity index (χ2v) is 12.2. The number of carbonyl (C=O) groups is 4. The molecule has 2 aromatic carbocycles. The fourth-order valence-corrected chi connectivity index (χ4v) is 5.72. The fraction of sp³-hybridized carbons (Fsp3) is 0.448. The van der Waals surface area contributed by atoms with Gasteiger partial charge in [0.15, 0.2) is 6.61 Å². The van der Waals surface area contributed by atoms with Crippen LogP contribution in [0.2, 0.25) is 0 Å². The molecule has 0 bridgehead atoms. The maximum atomic E-state index is 13.3. The summed E-state index contributed by atoms with van der Waals surface area (Å²) in [7, 11) is -4.88. The maximum absolute atomic E-state index is 13.3. The van der Waals surface area contributed by atoms with Crippen LogP contribution in [-0.4, -0.2) is 57.8 Å². The molecule has 2 unspecified atom stereocenters. The minimum absolute atomic E-state index is 0.148. The molecule has 1 aliphatic carbocycles. The zero-order chi connectivity index (χ0) is 31.7. The van der Waals surface area contributed by atoms with Gasteiger partial charge in [0.05, 0.1) is 18.2 Å². The Kier molecular flexibility index (Phi) is 11.7. The molecule has 0 aromatic heterocycles. The molecule has 2 atom stereocenters. The zero-order valence-electron chi connectivity index (χ0n) is 24.1. The molecule has 43 heavy (non-hydrogen) atoms. The largest absolute Gasteiger partial charge is 0.492 e. The first kappa shape index (κ1) is 33.6. The van der Waals surface area contributed by atoms with Crippen LogP contribution in [0.1, 0.15) is 73.5 Å². The quantitative estimate of drug-likeness (QED) is 0.169. The minimum Gasteiger partial charge on any atom is -0.492 e. The molecule has 13 nitrogen and oxygen atoms in total. The van der Waals surface area contributed by atoms with E-state index in [0.717, 1.165) is 31.7 Å². The van der Waals surface area contributed by atoms with E-state index in [1.165, 1.54) is 25.5 Å². The molecule has 0 saturated heterocycles. The van der Waals surface area contributed by atoms with Crippen molar-refractivity contribution in [1.29, 1.82) is 0 Å². The third-order valence-corrected chi connectivity index (χ3v) is 8.13. The van der Waals surface area contributed by atoms with Gasteiger partial charge in [0.1, 0.15) is 22.8 Å². The van der Waals surface area contributed by atoms with Gasteiger partial charge in [-0.15, -0.1) is 0 Å². The number of nitrogens with one attached hydrogen (secondary N) is 2.